The number of carboxylic acid groups (broad SMARTS) is 1. The number of hydrogen-bond donors (Lipinski definition) is 2. The zero-order valence-electron chi connectivity index (χ0n) is 12.5. The quantitative estimate of drug-likeness (QED) is 0.779. The van der Waals surface area contributed by atoms with Crippen molar-refractivity contribution in [3.05, 3.63) is 0 Å². The number of rotatable bonds is 6. The van der Waals surface area contributed by atoms with Gasteiger partial charge in [0.2, 0.25) is 0 Å². The number of hydrogen-bond acceptors (Lipinski definition) is 3. The number of carboxylic acids is 1. The van der Waals surface area contributed by atoms with Gasteiger partial charge in [-0.2, -0.15) is 0 Å². The van der Waals surface area contributed by atoms with Crippen molar-refractivity contribution in [2.75, 3.05) is 26.2 Å². The van der Waals surface area contributed by atoms with Crippen LogP contribution in [0.1, 0.15) is 44.9 Å². The van der Waals surface area contributed by atoms with Gasteiger partial charge in [-0.1, -0.05) is 0 Å². The lowest BCUT2D eigenvalue weighted by molar-refractivity contribution is -0.137. The molecule has 120 valence electrons. The standard InChI is InChI=1S/C15H26N2O4/c18-11-10-17(13-2-1-3-13)15(21)16-8-6-12(7-9-16)4-5-14(19)20/h12-13,18H,1-11H2,(H,19,20). The Labute approximate surface area is 125 Å². The van der Waals surface area contributed by atoms with E-state index in [9.17, 15) is 9.59 Å². The van der Waals surface area contributed by atoms with Gasteiger partial charge in [-0.05, 0) is 44.4 Å². The summed E-state index contributed by atoms with van der Waals surface area (Å²) in [6, 6.07) is 0.347. The molecule has 0 aromatic heterocycles. The lowest BCUT2D eigenvalue weighted by atomic mass is 9.91. The number of amides is 2. The Morgan fingerprint density at radius 2 is 1.81 bits per heavy atom. The molecule has 1 saturated carbocycles. The van der Waals surface area contributed by atoms with Crippen LogP contribution in [0.25, 0.3) is 0 Å². The third-order valence-corrected chi connectivity index (χ3v) is 4.75. The van der Waals surface area contributed by atoms with Gasteiger partial charge in [0.15, 0.2) is 0 Å². The molecule has 0 spiro atoms. The molecule has 0 atom stereocenters. The fourth-order valence-electron chi connectivity index (χ4n) is 3.16. The molecule has 1 saturated heterocycles. The van der Waals surface area contributed by atoms with Gasteiger partial charge in [-0.15, -0.1) is 0 Å². The SMILES string of the molecule is O=C(O)CCC1CCN(C(=O)N(CCO)C2CCC2)CC1. The Morgan fingerprint density at radius 1 is 1.14 bits per heavy atom. The third-order valence-electron chi connectivity index (χ3n) is 4.75. The number of urea groups is 1. The minimum atomic E-state index is -0.743. The van der Waals surface area contributed by atoms with E-state index in [0.29, 0.717) is 38.0 Å². The first-order valence-corrected chi connectivity index (χ1v) is 8.00. The minimum absolute atomic E-state index is 0.0112. The summed E-state index contributed by atoms with van der Waals surface area (Å²) in [5.74, 6) is -0.326. The largest absolute Gasteiger partial charge is 0.481 e. The van der Waals surface area contributed by atoms with E-state index in [0.717, 1.165) is 32.1 Å². The third kappa shape index (κ3) is 4.33. The van der Waals surface area contributed by atoms with Crippen molar-refractivity contribution in [3.8, 4) is 0 Å². The topological polar surface area (TPSA) is 81.1 Å². The van der Waals surface area contributed by atoms with Gasteiger partial charge in [0.1, 0.15) is 0 Å². The Kier molecular flexibility index (Phi) is 5.85. The van der Waals surface area contributed by atoms with Crippen molar-refractivity contribution in [2.24, 2.45) is 5.92 Å². The molecule has 6 nitrogen and oxygen atoms in total. The van der Waals surface area contributed by atoms with Gasteiger partial charge >= 0.3 is 12.0 Å². The number of nitrogens with zero attached hydrogens (tertiary/aromatic N) is 2. The van der Waals surface area contributed by atoms with E-state index >= 15 is 0 Å². The fraction of sp³-hybridized carbons (Fsp3) is 0.867. The molecule has 2 aliphatic rings. The van der Waals surface area contributed by atoms with Crippen molar-refractivity contribution in [1.82, 2.24) is 9.80 Å². The van der Waals surface area contributed by atoms with Crippen LogP contribution in [-0.2, 0) is 4.79 Å². The summed E-state index contributed by atoms with van der Waals surface area (Å²) in [7, 11) is 0. The van der Waals surface area contributed by atoms with Crippen LogP contribution in [0, 0.1) is 5.92 Å². The zero-order valence-corrected chi connectivity index (χ0v) is 12.5. The van der Waals surface area contributed by atoms with E-state index < -0.39 is 5.97 Å². The zero-order chi connectivity index (χ0) is 15.2. The minimum Gasteiger partial charge on any atom is -0.481 e. The molecule has 2 rings (SSSR count). The molecule has 2 amide bonds. The van der Waals surface area contributed by atoms with Gasteiger partial charge in [0.25, 0.3) is 0 Å². The first kappa shape index (κ1) is 16.1. The molecule has 2 fully saturated rings. The second kappa shape index (κ2) is 7.64. The van der Waals surface area contributed by atoms with Crippen LogP contribution in [0.2, 0.25) is 0 Å². The first-order chi connectivity index (χ1) is 10.1. The maximum atomic E-state index is 12.5. The van der Waals surface area contributed by atoms with Crippen LogP contribution >= 0.6 is 0 Å². The molecule has 2 N–H and O–H groups in total. The van der Waals surface area contributed by atoms with Crippen molar-refractivity contribution in [3.63, 3.8) is 0 Å². The molecule has 0 aromatic rings. The maximum absolute atomic E-state index is 12.5. The highest BCUT2D eigenvalue weighted by Gasteiger charge is 2.32. The van der Waals surface area contributed by atoms with Crippen LogP contribution in [0.4, 0.5) is 4.79 Å². The smallest absolute Gasteiger partial charge is 0.320 e. The summed E-state index contributed by atoms with van der Waals surface area (Å²) in [5.41, 5.74) is 0. The number of aliphatic hydroxyl groups is 1. The van der Waals surface area contributed by atoms with Crippen molar-refractivity contribution in [1.29, 1.82) is 0 Å². The summed E-state index contributed by atoms with van der Waals surface area (Å²) < 4.78 is 0. The highest BCUT2D eigenvalue weighted by molar-refractivity contribution is 5.75. The predicted octanol–water partition coefficient (Wildman–Crippen LogP) is 1.53. The summed E-state index contributed by atoms with van der Waals surface area (Å²) in [6.45, 7) is 1.84. The lowest BCUT2D eigenvalue weighted by Gasteiger charge is -2.42. The van der Waals surface area contributed by atoms with Crippen molar-refractivity contribution >= 4 is 12.0 Å². The number of piperidine rings is 1. The van der Waals surface area contributed by atoms with Crippen LogP contribution in [-0.4, -0.2) is 64.3 Å². The van der Waals surface area contributed by atoms with Crippen LogP contribution in [0.5, 0.6) is 0 Å². The van der Waals surface area contributed by atoms with E-state index in [4.69, 9.17) is 10.2 Å². The molecule has 1 aliphatic carbocycles. The average Bonchev–Trinajstić information content (AvgIpc) is 2.42. The Morgan fingerprint density at radius 3 is 2.29 bits per heavy atom. The molecule has 0 aromatic carbocycles. The molecular formula is C15H26N2O4. The number of aliphatic hydroxyl groups excluding tert-OH is 1. The molecule has 0 bridgehead atoms. The van der Waals surface area contributed by atoms with Gasteiger partial charge in [0.05, 0.1) is 6.61 Å². The summed E-state index contributed by atoms with van der Waals surface area (Å²) >= 11 is 0. The first-order valence-electron chi connectivity index (χ1n) is 8.00. The average molecular weight is 298 g/mol. The Balaban J connectivity index is 1.79. The van der Waals surface area contributed by atoms with E-state index in [-0.39, 0.29) is 19.1 Å². The van der Waals surface area contributed by atoms with Gasteiger partial charge in [-0.25, -0.2) is 4.79 Å². The molecule has 1 aliphatic heterocycles. The van der Waals surface area contributed by atoms with Crippen molar-refractivity contribution in [2.45, 2.75) is 51.0 Å². The van der Waals surface area contributed by atoms with Crippen molar-refractivity contribution < 1.29 is 19.8 Å². The molecule has 6 heteroatoms. The summed E-state index contributed by atoms with van der Waals surface area (Å²) in [5, 5.41) is 17.9. The number of aliphatic carboxylic acids is 1. The number of carbonyl (C=O) groups excluding carboxylic acids is 1. The highest BCUT2D eigenvalue weighted by Crippen LogP contribution is 2.27. The Bertz CT molecular complexity index is 363. The maximum Gasteiger partial charge on any atom is 0.320 e. The van der Waals surface area contributed by atoms with Gasteiger partial charge in [-0.3, -0.25) is 4.79 Å². The van der Waals surface area contributed by atoms with E-state index in [1.54, 1.807) is 0 Å². The van der Waals surface area contributed by atoms with Gasteiger partial charge in [0, 0.05) is 32.1 Å². The number of carbonyl (C=O) groups is 2. The molecule has 0 unspecified atom stereocenters. The molecule has 0 radical (unpaired) electrons. The Hall–Kier alpha value is -1.30. The molecule has 21 heavy (non-hydrogen) atoms. The van der Waals surface area contributed by atoms with E-state index in [2.05, 4.69) is 0 Å². The molecular weight excluding hydrogens is 272 g/mol. The predicted molar refractivity (Wildman–Crippen MR) is 78.0 cm³/mol. The highest BCUT2D eigenvalue weighted by atomic mass is 16.4. The number of likely N-dealkylation sites (tertiary alicyclic amines) is 1. The van der Waals surface area contributed by atoms with Crippen LogP contribution < -0.4 is 0 Å². The van der Waals surface area contributed by atoms with Crippen LogP contribution in [0.3, 0.4) is 0 Å². The summed E-state index contributed by atoms with van der Waals surface area (Å²) in [4.78, 5) is 26.8. The fourth-order valence-corrected chi connectivity index (χ4v) is 3.16. The van der Waals surface area contributed by atoms with Gasteiger partial charge < -0.3 is 20.0 Å². The van der Waals surface area contributed by atoms with E-state index in [1.807, 2.05) is 9.80 Å². The molecule has 1 heterocycles. The second-order valence-corrected chi connectivity index (χ2v) is 6.15. The monoisotopic (exact) mass is 298 g/mol. The van der Waals surface area contributed by atoms with E-state index in [1.165, 1.54) is 0 Å². The second-order valence-electron chi connectivity index (χ2n) is 6.15. The summed E-state index contributed by atoms with van der Waals surface area (Å²) in [6.07, 6.45) is 5.95. The van der Waals surface area contributed by atoms with Crippen LogP contribution in [0.15, 0.2) is 0 Å². The lowest BCUT2D eigenvalue weighted by Crippen LogP contribution is -2.53. The normalized spacial score (nSPS) is 20.1.